The third kappa shape index (κ3) is 3.38. The molecule has 2 heterocycles. The molecule has 1 aromatic rings. The van der Waals surface area contributed by atoms with Gasteiger partial charge in [0.05, 0.1) is 19.6 Å². The molecule has 1 amide bonds. The van der Waals surface area contributed by atoms with Crippen molar-refractivity contribution in [1.29, 1.82) is 0 Å². The Hall–Kier alpha value is -1.55. The van der Waals surface area contributed by atoms with Gasteiger partial charge in [-0.2, -0.15) is 0 Å². The minimum atomic E-state index is 0.211. The van der Waals surface area contributed by atoms with Crippen molar-refractivity contribution in [3.05, 3.63) is 29.3 Å². The largest absolute Gasteiger partial charge is 0.493 e. The van der Waals surface area contributed by atoms with Crippen LogP contribution in [0.3, 0.4) is 0 Å². The molecule has 0 aliphatic carbocycles. The van der Waals surface area contributed by atoms with Gasteiger partial charge >= 0.3 is 0 Å². The van der Waals surface area contributed by atoms with E-state index in [1.165, 1.54) is 5.56 Å². The Morgan fingerprint density at radius 1 is 1.38 bits per heavy atom. The average molecular weight is 289 g/mol. The lowest BCUT2D eigenvalue weighted by Crippen LogP contribution is -2.36. The van der Waals surface area contributed by atoms with Crippen LogP contribution in [-0.4, -0.2) is 43.7 Å². The number of carbonyl (C=O) groups is 1. The third-order valence-corrected chi connectivity index (χ3v) is 4.35. The first-order chi connectivity index (χ1) is 10.3. The van der Waals surface area contributed by atoms with E-state index in [1.54, 1.807) is 0 Å². The van der Waals surface area contributed by atoms with Gasteiger partial charge in [0.15, 0.2) is 0 Å². The summed E-state index contributed by atoms with van der Waals surface area (Å²) in [6.07, 6.45) is 2.50. The SMILES string of the molecule is CCN(C[C@@H]1CCOC1)C(=O)Cc1ccc2c(c1)CCO2. The summed E-state index contributed by atoms with van der Waals surface area (Å²) >= 11 is 0. The molecule has 4 nitrogen and oxygen atoms in total. The highest BCUT2D eigenvalue weighted by Gasteiger charge is 2.22. The number of rotatable bonds is 5. The van der Waals surface area contributed by atoms with Crippen LogP contribution in [0.4, 0.5) is 0 Å². The first-order valence-corrected chi connectivity index (χ1v) is 7.86. The molecule has 0 radical (unpaired) electrons. The van der Waals surface area contributed by atoms with Crippen molar-refractivity contribution < 1.29 is 14.3 Å². The van der Waals surface area contributed by atoms with E-state index in [1.807, 2.05) is 24.0 Å². The molecule has 0 saturated carbocycles. The van der Waals surface area contributed by atoms with Crippen LogP contribution in [0.5, 0.6) is 5.75 Å². The van der Waals surface area contributed by atoms with Crippen LogP contribution >= 0.6 is 0 Å². The normalized spacial score (nSPS) is 20.1. The van der Waals surface area contributed by atoms with Crippen LogP contribution in [0.1, 0.15) is 24.5 Å². The maximum Gasteiger partial charge on any atom is 0.226 e. The Bertz CT molecular complexity index is 509. The van der Waals surface area contributed by atoms with E-state index in [2.05, 4.69) is 6.07 Å². The summed E-state index contributed by atoms with van der Waals surface area (Å²) in [7, 11) is 0. The third-order valence-electron chi connectivity index (χ3n) is 4.35. The van der Waals surface area contributed by atoms with Gasteiger partial charge in [0.2, 0.25) is 5.91 Å². The quantitative estimate of drug-likeness (QED) is 0.833. The second kappa shape index (κ2) is 6.48. The first-order valence-electron chi connectivity index (χ1n) is 7.86. The van der Waals surface area contributed by atoms with Crippen LogP contribution < -0.4 is 4.74 Å². The molecule has 21 heavy (non-hydrogen) atoms. The number of nitrogens with zero attached hydrogens (tertiary/aromatic N) is 1. The fraction of sp³-hybridized carbons (Fsp3) is 0.588. The lowest BCUT2D eigenvalue weighted by molar-refractivity contribution is -0.130. The van der Waals surface area contributed by atoms with Gasteiger partial charge < -0.3 is 14.4 Å². The van der Waals surface area contributed by atoms with Crippen molar-refractivity contribution in [3.63, 3.8) is 0 Å². The van der Waals surface area contributed by atoms with Crippen LogP contribution in [0.25, 0.3) is 0 Å². The zero-order valence-corrected chi connectivity index (χ0v) is 12.6. The molecule has 1 saturated heterocycles. The molecule has 0 N–H and O–H groups in total. The van der Waals surface area contributed by atoms with Crippen LogP contribution in [0.15, 0.2) is 18.2 Å². The van der Waals surface area contributed by atoms with Gasteiger partial charge in [0, 0.05) is 32.0 Å². The molecule has 2 aliphatic heterocycles. The van der Waals surface area contributed by atoms with E-state index >= 15 is 0 Å². The number of hydrogen-bond acceptors (Lipinski definition) is 3. The molecule has 0 aromatic heterocycles. The lowest BCUT2D eigenvalue weighted by Gasteiger charge is -2.24. The summed E-state index contributed by atoms with van der Waals surface area (Å²) in [5.74, 6) is 1.69. The highest BCUT2D eigenvalue weighted by atomic mass is 16.5. The Balaban J connectivity index is 1.61. The van der Waals surface area contributed by atoms with Gasteiger partial charge in [-0.15, -0.1) is 0 Å². The van der Waals surface area contributed by atoms with E-state index in [9.17, 15) is 4.79 Å². The molecule has 3 rings (SSSR count). The Kier molecular flexibility index (Phi) is 4.44. The summed E-state index contributed by atoms with van der Waals surface area (Å²) < 4.78 is 10.9. The van der Waals surface area contributed by atoms with Crippen molar-refractivity contribution in [2.75, 3.05) is 32.9 Å². The predicted octanol–water partition coefficient (Wildman–Crippen LogP) is 2.05. The molecular formula is C17H23NO3. The second-order valence-corrected chi connectivity index (χ2v) is 5.88. The molecule has 0 spiro atoms. The highest BCUT2D eigenvalue weighted by molar-refractivity contribution is 5.79. The lowest BCUT2D eigenvalue weighted by atomic mass is 10.0. The topological polar surface area (TPSA) is 38.8 Å². The van der Waals surface area contributed by atoms with Gasteiger partial charge in [0.1, 0.15) is 5.75 Å². The number of amides is 1. The van der Waals surface area contributed by atoms with Gasteiger partial charge in [-0.3, -0.25) is 4.79 Å². The minimum absolute atomic E-state index is 0.211. The van der Waals surface area contributed by atoms with Crippen LogP contribution in [0, 0.1) is 5.92 Å². The maximum absolute atomic E-state index is 12.5. The monoisotopic (exact) mass is 289 g/mol. The number of benzene rings is 1. The number of hydrogen-bond donors (Lipinski definition) is 0. The van der Waals surface area contributed by atoms with Gasteiger partial charge in [-0.25, -0.2) is 0 Å². The molecule has 1 aromatic carbocycles. The molecule has 0 bridgehead atoms. The fourth-order valence-electron chi connectivity index (χ4n) is 3.08. The molecular weight excluding hydrogens is 266 g/mol. The smallest absolute Gasteiger partial charge is 0.226 e. The molecule has 0 unspecified atom stereocenters. The zero-order chi connectivity index (χ0) is 14.7. The summed E-state index contributed by atoms with van der Waals surface area (Å²) in [5, 5.41) is 0. The molecule has 4 heteroatoms. The van der Waals surface area contributed by atoms with Gasteiger partial charge in [-0.1, -0.05) is 12.1 Å². The van der Waals surface area contributed by atoms with E-state index in [-0.39, 0.29) is 5.91 Å². The number of likely N-dealkylation sites (N-methyl/N-ethyl adjacent to an activating group) is 1. The fourth-order valence-corrected chi connectivity index (χ4v) is 3.08. The number of carbonyl (C=O) groups excluding carboxylic acids is 1. The molecule has 1 atom stereocenters. The van der Waals surface area contributed by atoms with E-state index in [0.29, 0.717) is 12.3 Å². The van der Waals surface area contributed by atoms with Crippen LogP contribution in [0.2, 0.25) is 0 Å². The average Bonchev–Trinajstić information content (AvgIpc) is 3.15. The summed E-state index contributed by atoms with van der Waals surface area (Å²) in [5.41, 5.74) is 2.32. The highest BCUT2D eigenvalue weighted by Crippen LogP contribution is 2.26. The van der Waals surface area contributed by atoms with Crippen molar-refractivity contribution in [1.82, 2.24) is 4.90 Å². The van der Waals surface area contributed by atoms with Crippen molar-refractivity contribution in [2.24, 2.45) is 5.92 Å². The van der Waals surface area contributed by atoms with E-state index in [4.69, 9.17) is 9.47 Å². The van der Waals surface area contributed by atoms with Crippen molar-refractivity contribution >= 4 is 5.91 Å². The number of ether oxygens (including phenoxy) is 2. The zero-order valence-electron chi connectivity index (χ0n) is 12.6. The summed E-state index contributed by atoms with van der Waals surface area (Å²) in [4.78, 5) is 14.4. The van der Waals surface area contributed by atoms with Gasteiger partial charge in [0.25, 0.3) is 0 Å². The summed E-state index contributed by atoms with van der Waals surface area (Å²) in [6.45, 7) is 6.02. The standard InChI is InChI=1S/C17H23NO3/c1-2-18(11-14-5-7-20-12-14)17(19)10-13-3-4-16-15(9-13)6-8-21-16/h3-4,9,14H,2,5-8,10-12H2,1H3/t14-/m0/s1. The Labute approximate surface area is 126 Å². The maximum atomic E-state index is 12.5. The first kappa shape index (κ1) is 14.4. The van der Waals surface area contributed by atoms with Gasteiger partial charge in [-0.05, 0) is 30.5 Å². The van der Waals surface area contributed by atoms with Crippen LogP contribution in [-0.2, 0) is 22.4 Å². The number of fused-ring (bicyclic) bond motifs is 1. The summed E-state index contributed by atoms with van der Waals surface area (Å²) in [6, 6.07) is 6.12. The Morgan fingerprint density at radius 2 is 2.29 bits per heavy atom. The molecule has 1 fully saturated rings. The molecule has 2 aliphatic rings. The molecule has 114 valence electrons. The predicted molar refractivity (Wildman–Crippen MR) is 80.5 cm³/mol. The van der Waals surface area contributed by atoms with Crippen molar-refractivity contribution in [2.45, 2.75) is 26.2 Å². The minimum Gasteiger partial charge on any atom is -0.493 e. The van der Waals surface area contributed by atoms with E-state index < -0.39 is 0 Å². The van der Waals surface area contributed by atoms with Crippen molar-refractivity contribution in [3.8, 4) is 5.75 Å². The Morgan fingerprint density at radius 3 is 3.05 bits per heavy atom. The second-order valence-electron chi connectivity index (χ2n) is 5.88. The van der Waals surface area contributed by atoms with E-state index in [0.717, 1.165) is 57.1 Å².